The molecule has 8 heteroatoms. The van der Waals surface area contributed by atoms with Gasteiger partial charge in [0.05, 0.1) is 5.69 Å². The molecule has 2 heterocycles. The summed E-state index contributed by atoms with van der Waals surface area (Å²) in [6.07, 6.45) is 1.52. The van der Waals surface area contributed by atoms with Gasteiger partial charge in [-0.1, -0.05) is 0 Å². The van der Waals surface area contributed by atoms with Crippen molar-refractivity contribution in [1.29, 1.82) is 15.8 Å². The summed E-state index contributed by atoms with van der Waals surface area (Å²) in [5.74, 6) is -0.225. The number of rotatable bonds is 3. The number of hydrogen-bond donors (Lipinski definition) is 1. The molecule has 0 saturated carbocycles. The van der Waals surface area contributed by atoms with E-state index < -0.39 is 0 Å². The summed E-state index contributed by atoms with van der Waals surface area (Å²) in [6, 6.07) is 10.7. The first-order valence-electron chi connectivity index (χ1n) is 7.57. The molecule has 122 valence electrons. The Balaban J connectivity index is 1.82. The first kappa shape index (κ1) is 16.0. The van der Waals surface area contributed by atoms with E-state index in [1.807, 2.05) is 0 Å². The number of nitrogens with zero attached hydrogens (tertiary/aromatic N) is 5. The zero-order valence-electron chi connectivity index (χ0n) is 13.1. The van der Waals surface area contributed by atoms with Gasteiger partial charge in [-0.05, 0) is 37.1 Å². The fraction of sp³-hybridized carbons (Fsp3) is 0.235. The zero-order chi connectivity index (χ0) is 18.0. The van der Waals surface area contributed by atoms with Gasteiger partial charge in [0.15, 0.2) is 5.57 Å². The van der Waals surface area contributed by atoms with Crippen LogP contribution in [0, 0.1) is 34.0 Å². The van der Waals surface area contributed by atoms with Gasteiger partial charge in [-0.25, -0.2) is 9.69 Å². The predicted octanol–water partition coefficient (Wildman–Crippen LogP) is 1.85. The lowest BCUT2D eigenvalue weighted by atomic mass is 10.2. The van der Waals surface area contributed by atoms with E-state index in [0.29, 0.717) is 24.3 Å². The third kappa shape index (κ3) is 2.65. The number of allylic oxidation sites excluding steroid dienone is 2. The topological polar surface area (TPSA) is 124 Å². The van der Waals surface area contributed by atoms with Crippen molar-refractivity contribution in [2.45, 2.75) is 18.9 Å². The van der Waals surface area contributed by atoms with Crippen LogP contribution in [0.3, 0.4) is 0 Å². The fourth-order valence-electron chi connectivity index (χ4n) is 2.98. The van der Waals surface area contributed by atoms with E-state index in [9.17, 15) is 9.59 Å². The molecule has 8 nitrogen and oxygen atoms in total. The van der Waals surface area contributed by atoms with E-state index in [0.717, 1.165) is 11.3 Å². The van der Waals surface area contributed by atoms with Crippen LogP contribution in [-0.4, -0.2) is 29.4 Å². The predicted molar refractivity (Wildman–Crippen MR) is 86.5 cm³/mol. The second-order valence-electron chi connectivity index (χ2n) is 5.56. The molecule has 2 saturated heterocycles. The Morgan fingerprint density at radius 2 is 1.76 bits per heavy atom. The van der Waals surface area contributed by atoms with Gasteiger partial charge >= 0.3 is 6.03 Å². The maximum Gasteiger partial charge on any atom is 0.332 e. The molecule has 1 N–H and O–H groups in total. The molecule has 1 unspecified atom stereocenters. The summed E-state index contributed by atoms with van der Waals surface area (Å²) in [6.45, 7) is 0.590. The molecule has 3 amide bonds. The van der Waals surface area contributed by atoms with Crippen LogP contribution in [0.4, 0.5) is 16.2 Å². The summed E-state index contributed by atoms with van der Waals surface area (Å²) in [5, 5.41) is 29.4. The molecule has 0 bridgehead atoms. The van der Waals surface area contributed by atoms with Crippen LogP contribution < -0.4 is 10.2 Å². The molecule has 0 radical (unpaired) electrons. The fourth-order valence-corrected chi connectivity index (χ4v) is 2.98. The molecule has 3 rings (SSSR count). The lowest BCUT2D eigenvalue weighted by Crippen LogP contribution is -2.32. The molecule has 2 aliphatic heterocycles. The van der Waals surface area contributed by atoms with Gasteiger partial charge in [0.1, 0.15) is 29.9 Å². The lowest BCUT2D eigenvalue weighted by molar-refractivity contribution is -0.119. The Hall–Kier alpha value is -3.83. The van der Waals surface area contributed by atoms with Gasteiger partial charge < -0.3 is 10.2 Å². The number of benzene rings is 1. The third-order valence-corrected chi connectivity index (χ3v) is 4.18. The summed E-state index contributed by atoms with van der Waals surface area (Å²) < 4.78 is 0. The lowest BCUT2D eigenvalue weighted by Gasteiger charge is -2.16. The molecule has 0 aliphatic carbocycles. The van der Waals surface area contributed by atoms with E-state index in [-0.39, 0.29) is 29.3 Å². The van der Waals surface area contributed by atoms with E-state index in [1.165, 1.54) is 0 Å². The summed E-state index contributed by atoms with van der Waals surface area (Å²) in [5.41, 5.74) is 0.421. The monoisotopic (exact) mass is 332 g/mol. The minimum Gasteiger partial charge on any atom is -0.345 e. The number of nitrogens with one attached hydrogen (secondary N) is 1. The number of nitriles is 3. The van der Waals surface area contributed by atoms with Crippen molar-refractivity contribution in [3.63, 3.8) is 0 Å². The van der Waals surface area contributed by atoms with Crippen LogP contribution in [0.1, 0.15) is 12.8 Å². The van der Waals surface area contributed by atoms with Crippen LogP contribution >= 0.6 is 0 Å². The number of amides is 3. The van der Waals surface area contributed by atoms with Gasteiger partial charge in [0, 0.05) is 12.2 Å². The average Bonchev–Trinajstić information content (AvgIpc) is 3.20. The van der Waals surface area contributed by atoms with Crippen molar-refractivity contribution in [3.05, 3.63) is 35.5 Å². The number of carbonyl (C=O) groups excluding carboxylic acids is 2. The van der Waals surface area contributed by atoms with Gasteiger partial charge in [0.2, 0.25) is 0 Å². The largest absolute Gasteiger partial charge is 0.345 e. The normalized spacial score (nSPS) is 18.2. The first-order valence-corrected chi connectivity index (χ1v) is 7.57. The highest BCUT2D eigenvalue weighted by Crippen LogP contribution is 2.31. The Bertz CT molecular complexity index is 859. The second-order valence-corrected chi connectivity index (χ2v) is 5.56. The van der Waals surface area contributed by atoms with Crippen molar-refractivity contribution >= 4 is 23.3 Å². The Kier molecular flexibility index (Phi) is 4.07. The molecular formula is C17H12N6O2. The molecular weight excluding hydrogens is 320 g/mol. The highest BCUT2D eigenvalue weighted by atomic mass is 16.2. The van der Waals surface area contributed by atoms with Crippen molar-refractivity contribution in [2.24, 2.45) is 0 Å². The van der Waals surface area contributed by atoms with Crippen LogP contribution in [0.2, 0.25) is 0 Å². The van der Waals surface area contributed by atoms with E-state index >= 15 is 0 Å². The molecule has 1 aromatic rings. The van der Waals surface area contributed by atoms with E-state index in [2.05, 4.69) is 5.32 Å². The Labute approximate surface area is 143 Å². The molecule has 0 spiro atoms. The Morgan fingerprint density at radius 1 is 1.08 bits per heavy atom. The Morgan fingerprint density at radius 3 is 2.32 bits per heavy atom. The quantitative estimate of drug-likeness (QED) is 0.665. The molecule has 25 heavy (non-hydrogen) atoms. The van der Waals surface area contributed by atoms with Crippen LogP contribution in [-0.2, 0) is 4.79 Å². The summed E-state index contributed by atoms with van der Waals surface area (Å²) >= 11 is 0. The highest BCUT2D eigenvalue weighted by molar-refractivity contribution is 6.21. The van der Waals surface area contributed by atoms with Crippen molar-refractivity contribution in [1.82, 2.24) is 4.90 Å². The van der Waals surface area contributed by atoms with Crippen molar-refractivity contribution in [3.8, 4) is 18.2 Å². The smallest absolute Gasteiger partial charge is 0.332 e. The summed E-state index contributed by atoms with van der Waals surface area (Å²) in [7, 11) is 0. The molecule has 2 aliphatic rings. The SMILES string of the molecule is N#CC(C#N)=C(C#N)Nc1ccc(N2C(=O)C3CCCN3C2=O)cc1. The molecule has 0 aromatic heterocycles. The van der Waals surface area contributed by atoms with Gasteiger partial charge in [-0.15, -0.1) is 0 Å². The second kappa shape index (κ2) is 6.35. The van der Waals surface area contributed by atoms with Crippen LogP contribution in [0.15, 0.2) is 35.5 Å². The van der Waals surface area contributed by atoms with Crippen molar-refractivity contribution in [2.75, 3.05) is 16.8 Å². The molecule has 1 aromatic carbocycles. The number of anilines is 2. The van der Waals surface area contributed by atoms with Gasteiger partial charge in [0.25, 0.3) is 5.91 Å². The molecule has 1 atom stereocenters. The van der Waals surface area contributed by atoms with Crippen LogP contribution in [0.5, 0.6) is 0 Å². The average molecular weight is 332 g/mol. The standard InChI is InChI=1S/C17H12N6O2/c18-8-11(9-19)14(10-20)21-12-3-5-13(6-4-12)23-16(24)15-2-1-7-22(15)17(23)25/h3-6,15,21H,1-2,7H2. The number of carbonyl (C=O) groups is 2. The number of hydrogen-bond acceptors (Lipinski definition) is 6. The maximum atomic E-state index is 12.4. The first-order chi connectivity index (χ1) is 12.1. The van der Waals surface area contributed by atoms with Gasteiger partial charge in [-0.3, -0.25) is 4.79 Å². The highest BCUT2D eigenvalue weighted by Gasteiger charge is 2.47. The zero-order valence-corrected chi connectivity index (χ0v) is 13.1. The maximum absolute atomic E-state index is 12.4. The minimum atomic E-state index is -0.368. The minimum absolute atomic E-state index is 0.160. The van der Waals surface area contributed by atoms with E-state index in [4.69, 9.17) is 15.8 Å². The van der Waals surface area contributed by atoms with E-state index in [1.54, 1.807) is 47.4 Å². The van der Waals surface area contributed by atoms with Crippen LogP contribution in [0.25, 0.3) is 0 Å². The number of imide groups is 1. The third-order valence-electron chi connectivity index (χ3n) is 4.18. The van der Waals surface area contributed by atoms with Crippen molar-refractivity contribution < 1.29 is 9.59 Å². The van der Waals surface area contributed by atoms with Gasteiger partial charge in [-0.2, -0.15) is 15.8 Å². The summed E-state index contributed by atoms with van der Waals surface area (Å²) in [4.78, 5) is 27.5. The molecule has 2 fully saturated rings. The number of fused-ring (bicyclic) bond motifs is 1. The number of urea groups is 1.